The molecule has 2 heterocycles. The van der Waals surface area contributed by atoms with Crippen molar-refractivity contribution in [2.45, 2.75) is 45.1 Å². The topological polar surface area (TPSA) is 40.6 Å². The molecule has 2 atom stereocenters. The molecule has 2 saturated heterocycles. The van der Waals surface area contributed by atoms with E-state index in [0.29, 0.717) is 19.0 Å². The lowest BCUT2D eigenvalue weighted by molar-refractivity contribution is -0.139. The van der Waals surface area contributed by atoms with Gasteiger partial charge in [-0.25, -0.2) is 0 Å². The molecule has 4 nitrogen and oxygen atoms in total. The molecule has 2 aliphatic heterocycles. The third-order valence-electron chi connectivity index (χ3n) is 4.92. The predicted molar refractivity (Wildman–Crippen MR) is 86.5 cm³/mol. The Balaban J connectivity index is 1.71. The Bertz CT molecular complexity index is 543. The lowest BCUT2D eigenvalue weighted by Crippen LogP contribution is -2.46. The standard InChI is InChI=1S/C18H24N2O2/c1-2-15-8-6-7-11-19(15)18(22)14-12-17(21)20(13-14)16-9-4-3-5-10-16/h3-5,9-10,14-15H,2,6-8,11-13H2,1H3. The van der Waals surface area contributed by atoms with Crippen molar-refractivity contribution >= 4 is 17.5 Å². The van der Waals surface area contributed by atoms with Crippen molar-refractivity contribution in [3.63, 3.8) is 0 Å². The highest BCUT2D eigenvalue weighted by Gasteiger charge is 2.39. The molecular weight excluding hydrogens is 276 g/mol. The SMILES string of the molecule is CCC1CCCCN1C(=O)C1CC(=O)N(c2ccccc2)C1. The van der Waals surface area contributed by atoms with E-state index in [4.69, 9.17) is 0 Å². The number of benzene rings is 1. The summed E-state index contributed by atoms with van der Waals surface area (Å²) in [5.41, 5.74) is 0.897. The van der Waals surface area contributed by atoms with E-state index >= 15 is 0 Å². The summed E-state index contributed by atoms with van der Waals surface area (Å²) in [4.78, 5) is 28.9. The summed E-state index contributed by atoms with van der Waals surface area (Å²) in [6.45, 7) is 3.52. The number of nitrogens with zero attached hydrogens (tertiary/aromatic N) is 2. The summed E-state index contributed by atoms with van der Waals surface area (Å²) >= 11 is 0. The molecule has 1 aromatic carbocycles. The van der Waals surface area contributed by atoms with Crippen LogP contribution in [0.1, 0.15) is 39.0 Å². The molecule has 2 aliphatic rings. The lowest BCUT2D eigenvalue weighted by atomic mass is 9.97. The first kappa shape index (κ1) is 15.1. The number of para-hydroxylation sites is 1. The highest BCUT2D eigenvalue weighted by Crippen LogP contribution is 2.29. The molecule has 0 N–H and O–H groups in total. The molecule has 0 bridgehead atoms. The summed E-state index contributed by atoms with van der Waals surface area (Å²) < 4.78 is 0. The van der Waals surface area contributed by atoms with E-state index < -0.39 is 0 Å². The van der Waals surface area contributed by atoms with Crippen LogP contribution in [0.15, 0.2) is 30.3 Å². The van der Waals surface area contributed by atoms with E-state index in [1.54, 1.807) is 4.90 Å². The Morgan fingerprint density at radius 2 is 2.00 bits per heavy atom. The van der Waals surface area contributed by atoms with Crippen LogP contribution in [0.25, 0.3) is 0 Å². The van der Waals surface area contributed by atoms with Crippen molar-refractivity contribution in [1.29, 1.82) is 0 Å². The van der Waals surface area contributed by atoms with Crippen LogP contribution in [0, 0.1) is 5.92 Å². The van der Waals surface area contributed by atoms with Gasteiger partial charge in [0.1, 0.15) is 0 Å². The van der Waals surface area contributed by atoms with Gasteiger partial charge in [0.2, 0.25) is 11.8 Å². The summed E-state index contributed by atoms with van der Waals surface area (Å²) in [5, 5.41) is 0. The highest BCUT2D eigenvalue weighted by atomic mass is 16.2. The van der Waals surface area contributed by atoms with E-state index in [9.17, 15) is 9.59 Å². The zero-order chi connectivity index (χ0) is 15.5. The fourth-order valence-electron chi connectivity index (χ4n) is 3.68. The van der Waals surface area contributed by atoms with Crippen LogP contribution in [0.4, 0.5) is 5.69 Å². The van der Waals surface area contributed by atoms with Crippen LogP contribution in [0.3, 0.4) is 0 Å². The molecule has 2 unspecified atom stereocenters. The molecule has 0 spiro atoms. The van der Waals surface area contributed by atoms with E-state index in [0.717, 1.165) is 31.5 Å². The molecular formula is C18H24N2O2. The van der Waals surface area contributed by atoms with Gasteiger partial charge in [0.05, 0.1) is 5.92 Å². The average Bonchev–Trinajstić information content (AvgIpc) is 2.97. The molecule has 2 amide bonds. The number of hydrogen-bond acceptors (Lipinski definition) is 2. The number of amides is 2. The highest BCUT2D eigenvalue weighted by molar-refractivity contribution is 6.00. The maximum atomic E-state index is 12.8. The lowest BCUT2D eigenvalue weighted by Gasteiger charge is -2.36. The third kappa shape index (κ3) is 2.87. The second-order valence-corrected chi connectivity index (χ2v) is 6.33. The Hall–Kier alpha value is -1.84. The molecule has 118 valence electrons. The minimum absolute atomic E-state index is 0.0645. The first-order valence-corrected chi connectivity index (χ1v) is 8.36. The fraction of sp³-hybridized carbons (Fsp3) is 0.556. The van der Waals surface area contributed by atoms with Crippen molar-refractivity contribution in [2.75, 3.05) is 18.0 Å². The fourth-order valence-corrected chi connectivity index (χ4v) is 3.68. The van der Waals surface area contributed by atoms with Gasteiger partial charge in [-0.1, -0.05) is 25.1 Å². The third-order valence-corrected chi connectivity index (χ3v) is 4.92. The van der Waals surface area contributed by atoms with Crippen molar-refractivity contribution in [2.24, 2.45) is 5.92 Å². The number of hydrogen-bond donors (Lipinski definition) is 0. The van der Waals surface area contributed by atoms with Gasteiger partial charge in [0.15, 0.2) is 0 Å². The van der Waals surface area contributed by atoms with E-state index in [-0.39, 0.29) is 17.7 Å². The molecule has 1 aromatic rings. The molecule has 0 radical (unpaired) electrons. The Morgan fingerprint density at radius 1 is 1.23 bits per heavy atom. The first-order chi connectivity index (χ1) is 10.7. The largest absolute Gasteiger partial charge is 0.339 e. The van der Waals surface area contributed by atoms with E-state index in [1.807, 2.05) is 35.2 Å². The van der Waals surface area contributed by atoms with Crippen LogP contribution in [0.5, 0.6) is 0 Å². The van der Waals surface area contributed by atoms with Gasteiger partial charge in [0, 0.05) is 31.2 Å². The van der Waals surface area contributed by atoms with Gasteiger partial charge in [-0.05, 0) is 37.8 Å². The van der Waals surface area contributed by atoms with Crippen molar-refractivity contribution in [3.05, 3.63) is 30.3 Å². The van der Waals surface area contributed by atoms with Crippen molar-refractivity contribution in [3.8, 4) is 0 Å². The smallest absolute Gasteiger partial charge is 0.228 e. The maximum absolute atomic E-state index is 12.8. The van der Waals surface area contributed by atoms with Gasteiger partial charge in [-0.3, -0.25) is 9.59 Å². The van der Waals surface area contributed by atoms with Crippen LogP contribution < -0.4 is 4.90 Å². The summed E-state index contributed by atoms with van der Waals surface area (Å²) in [6.07, 6.45) is 4.76. The Kier molecular flexibility index (Phi) is 4.46. The Labute approximate surface area is 132 Å². The Morgan fingerprint density at radius 3 is 2.73 bits per heavy atom. The van der Waals surface area contributed by atoms with Gasteiger partial charge < -0.3 is 9.80 Å². The number of carbonyl (C=O) groups excluding carboxylic acids is 2. The number of anilines is 1. The normalized spacial score (nSPS) is 25.6. The molecule has 0 aromatic heterocycles. The minimum Gasteiger partial charge on any atom is -0.339 e. The zero-order valence-corrected chi connectivity index (χ0v) is 13.2. The molecule has 3 rings (SSSR count). The molecule has 0 saturated carbocycles. The average molecular weight is 300 g/mol. The van der Waals surface area contributed by atoms with Crippen LogP contribution >= 0.6 is 0 Å². The summed E-state index contributed by atoms with van der Waals surface area (Å²) in [5.74, 6) is 0.0628. The summed E-state index contributed by atoms with van der Waals surface area (Å²) in [7, 11) is 0. The number of rotatable bonds is 3. The summed E-state index contributed by atoms with van der Waals surface area (Å²) in [6, 6.07) is 10.0. The second kappa shape index (κ2) is 6.51. The number of carbonyl (C=O) groups is 2. The first-order valence-electron chi connectivity index (χ1n) is 8.36. The van der Waals surface area contributed by atoms with Gasteiger partial charge in [0.25, 0.3) is 0 Å². The van der Waals surface area contributed by atoms with Crippen LogP contribution in [0.2, 0.25) is 0 Å². The van der Waals surface area contributed by atoms with Crippen molar-refractivity contribution < 1.29 is 9.59 Å². The predicted octanol–water partition coefficient (Wildman–Crippen LogP) is 2.83. The van der Waals surface area contributed by atoms with Crippen LogP contribution in [-0.2, 0) is 9.59 Å². The van der Waals surface area contributed by atoms with Gasteiger partial charge in [-0.2, -0.15) is 0 Å². The maximum Gasteiger partial charge on any atom is 0.228 e. The van der Waals surface area contributed by atoms with Gasteiger partial charge >= 0.3 is 0 Å². The molecule has 2 fully saturated rings. The van der Waals surface area contributed by atoms with E-state index in [1.165, 1.54) is 6.42 Å². The van der Waals surface area contributed by atoms with E-state index in [2.05, 4.69) is 6.92 Å². The van der Waals surface area contributed by atoms with Crippen molar-refractivity contribution in [1.82, 2.24) is 4.90 Å². The van der Waals surface area contributed by atoms with Crippen LogP contribution in [-0.4, -0.2) is 35.8 Å². The second-order valence-electron chi connectivity index (χ2n) is 6.33. The zero-order valence-electron chi connectivity index (χ0n) is 13.2. The quantitative estimate of drug-likeness (QED) is 0.861. The van der Waals surface area contributed by atoms with Gasteiger partial charge in [-0.15, -0.1) is 0 Å². The minimum atomic E-state index is -0.181. The number of likely N-dealkylation sites (tertiary alicyclic amines) is 1. The molecule has 22 heavy (non-hydrogen) atoms. The molecule has 0 aliphatic carbocycles. The number of piperidine rings is 1. The molecule has 4 heteroatoms. The monoisotopic (exact) mass is 300 g/mol.